The highest BCUT2D eigenvalue weighted by atomic mass is 32.1. The standard InChI is InChI=1S/C15H25NS/c1-3-4-8-11-16(2)12-15(13-17)14-9-6-5-7-10-14/h5-7,9-10,15,17H,3-4,8,11-13H2,1-2H3. The van der Waals surface area contributed by atoms with Gasteiger partial charge in [-0.3, -0.25) is 0 Å². The first-order valence-corrected chi connectivity index (χ1v) is 7.25. The molecule has 96 valence electrons. The van der Waals surface area contributed by atoms with E-state index in [-0.39, 0.29) is 0 Å². The minimum atomic E-state index is 0.547. The number of benzene rings is 1. The highest BCUT2D eigenvalue weighted by Crippen LogP contribution is 2.18. The first-order valence-electron chi connectivity index (χ1n) is 6.62. The van der Waals surface area contributed by atoms with E-state index < -0.39 is 0 Å². The van der Waals surface area contributed by atoms with Gasteiger partial charge in [-0.25, -0.2) is 0 Å². The zero-order chi connectivity index (χ0) is 12.5. The summed E-state index contributed by atoms with van der Waals surface area (Å²) in [7, 11) is 2.22. The van der Waals surface area contributed by atoms with Crippen molar-refractivity contribution in [3.05, 3.63) is 35.9 Å². The predicted molar refractivity (Wildman–Crippen MR) is 80.1 cm³/mol. The lowest BCUT2D eigenvalue weighted by atomic mass is 10.0. The molecule has 0 spiro atoms. The smallest absolute Gasteiger partial charge is 0.00551 e. The lowest BCUT2D eigenvalue weighted by Crippen LogP contribution is -2.26. The molecule has 1 unspecified atom stereocenters. The van der Waals surface area contributed by atoms with Crippen LogP contribution in [0.5, 0.6) is 0 Å². The number of likely N-dealkylation sites (N-methyl/N-ethyl adjacent to an activating group) is 1. The number of unbranched alkanes of at least 4 members (excludes halogenated alkanes) is 2. The van der Waals surface area contributed by atoms with Gasteiger partial charge >= 0.3 is 0 Å². The van der Waals surface area contributed by atoms with Crippen LogP contribution in [-0.2, 0) is 0 Å². The van der Waals surface area contributed by atoms with Crippen LogP contribution in [0.2, 0.25) is 0 Å². The van der Waals surface area contributed by atoms with Crippen LogP contribution < -0.4 is 0 Å². The molecule has 0 amide bonds. The molecular weight excluding hydrogens is 226 g/mol. The van der Waals surface area contributed by atoms with Crippen LogP contribution in [0.15, 0.2) is 30.3 Å². The third-order valence-corrected chi connectivity index (χ3v) is 3.61. The van der Waals surface area contributed by atoms with Gasteiger partial charge in [0.1, 0.15) is 0 Å². The second kappa shape index (κ2) is 8.60. The van der Waals surface area contributed by atoms with E-state index in [1.54, 1.807) is 0 Å². The Morgan fingerprint density at radius 2 is 1.88 bits per heavy atom. The van der Waals surface area contributed by atoms with E-state index in [2.05, 4.69) is 61.8 Å². The van der Waals surface area contributed by atoms with Crippen molar-refractivity contribution in [3.8, 4) is 0 Å². The van der Waals surface area contributed by atoms with Crippen LogP contribution >= 0.6 is 12.6 Å². The minimum Gasteiger partial charge on any atom is -0.306 e. The Morgan fingerprint density at radius 3 is 2.47 bits per heavy atom. The van der Waals surface area contributed by atoms with Gasteiger partial charge in [0.15, 0.2) is 0 Å². The largest absolute Gasteiger partial charge is 0.306 e. The fraction of sp³-hybridized carbons (Fsp3) is 0.600. The Morgan fingerprint density at radius 1 is 1.18 bits per heavy atom. The average Bonchev–Trinajstić information content (AvgIpc) is 2.37. The van der Waals surface area contributed by atoms with Gasteiger partial charge in [-0.15, -0.1) is 0 Å². The van der Waals surface area contributed by atoms with E-state index in [9.17, 15) is 0 Å². The van der Waals surface area contributed by atoms with Gasteiger partial charge in [-0.1, -0.05) is 50.1 Å². The van der Waals surface area contributed by atoms with Crippen LogP contribution in [0.3, 0.4) is 0 Å². The molecule has 0 aliphatic heterocycles. The second-order valence-corrected chi connectivity index (χ2v) is 5.12. The monoisotopic (exact) mass is 251 g/mol. The van der Waals surface area contributed by atoms with Gasteiger partial charge in [0.05, 0.1) is 0 Å². The third-order valence-electron chi connectivity index (χ3n) is 3.17. The van der Waals surface area contributed by atoms with Crippen molar-refractivity contribution < 1.29 is 0 Å². The quantitative estimate of drug-likeness (QED) is 0.543. The van der Waals surface area contributed by atoms with E-state index in [0.717, 1.165) is 12.3 Å². The van der Waals surface area contributed by atoms with Crippen molar-refractivity contribution >= 4 is 12.6 Å². The van der Waals surface area contributed by atoms with Crippen LogP contribution in [0.1, 0.15) is 37.7 Å². The molecular formula is C15H25NS. The van der Waals surface area contributed by atoms with Crippen LogP contribution in [0.25, 0.3) is 0 Å². The zero-order valence-electron chi connectivity index (χ0n) is 11.1. The summed E-state index contributed by atoms with van der Waals surface area (Å²) in [5.74, 6) is 1.47. The molecule has 0 saturated carbocycles. The number of rotatable bonds is 8. The highest BCUT2D eigenvalue weighted by Gasteiger charge is 2.11. The number of nitrogens with zero attached hydrogens (tertiary/aromatic N) is 1. The maximum Gasteiger partial charge on any atom is 0.00551 e. The molecule has 1 aromatic carbocycles. The van der Waals surface area contributed by atoms with Crippen molar-refractivity contribution in [1.82, 2.24) is 4.90 Å². The molecule has 0 N–H and O–H groups in total. The average molecular weight is 251 g/mol. The summed E-state index contributed by atoms with van der Waals surface area (Å²) < 4.78 is 0. The molecule has 0 bridgehead atoms. The molecule has 0 radical (unpaired) electrons. The fourth-order valence-corrected chi connectivity index (χ4v) is 2.42. The van der Waals surface area contributed by atoms with Gasteiger partial charge in [-0.05, 0) is 31.3 Å². The Hall–Kier alpha value is -0.470. The van der Waals surface area contributed by atoms with Crippen LogP contribution in [0.4, 0.5) is 0 Å². The summed E-state index contributed by atoms with van der Waals surface area (Å²) in [6.07, 6.45) is 3.94. The topological polar surface area (TPSA) is 3.24 Å². The summed E-state index contributed by atoms with van der Waals surface area (Å²) in [4.78, 5) is 2.43. The maximum atomic E-state index is 4.48. The first-order chi connectivity index (χ1) is 8.27. The van der Waals surface area contributed by atoms with E-state index in [4.69, 9.17) is 0 Å². The van der Waals surface area contributed by atoms with Crippen LogP contribution in [0, 0.1) is 0 Å². The molecule has 1 nitrogen and oxygen atoms in total. The molecule has 0 heterocycles. The molecule has 0 aromatic heterocycles. The fourth-order valence-electron chi connectivity index (χ4n) is 2.09. The highest BCUT2D eigenvalue weighted by molar-refractivity contribution is 7.80. The molecule has 2 heteroatoms. The minimum absolute atomic E-state index is 0.547. The van der Waals surface area contributed by atoms with Gasteiger partial charge in [0.25, 0.3) is 0 Å². The Balaban J connectivity index is 2.41. The molecule has 1 aromatic rings. The van der Waals surface area contributed by atoms with Crippen molar-refractivity contribution in [2.24, 2.45) is 0 Å². The molecule has 1 rings (SSSR count). The molecule has 1 atom stereocenters. The summed E-state index contributed by atoms with van der Waals surface area (Å²) in [6.45, 7) is 4.56. The third kappa shape index (κ3) is 5.60. The van der Waals surface area contributed by atoms with E-state index in [0.29, 0.717) is 5.92 Å². The number of hydrogen-bond donors (Lipinski definition) is 1. The summed E-state index contributed by atoms with van der Waals surface area (Å²) in [6, 6.07) is 10.7. The predicted octanol–water partition coefficient (Wildman–Crippen LogP) is 3.82. The second-order valence-electron chi connectivity index (χ2n) is 4.76. The first kappa shape index (κ1) is 14.6. The molecule has 0 saturated heterocycles. The summed E-state index contributed by atoms with van der Waals surface area (Å²) in [5, 5.41) is 0. The summed E-state index contributed by atoms with van der Waals surface area (Å²) in [5.41, 5.74) is 1.41. The SMILES string of the molecule is CCCCCN(C)CC(CS)c1ccccc1. The Labute approximate surface area is 112 Å². The lowest BCUT2D eigenvalue weighted by Gasteiger charge is -2.23. The van der Waals surface area contributed by atoms with Gasteiger partial charge in [0.2, 0.25) is 0 Å². The normalized spacial score (nSPS) is 12.9. The van der Waals surface area contributed by atoms with E-state index in [1.807, 2.05) is 0 Å². The van der Waals surface area contributed by atoms with E-state index >= 15 is 0 Å². The number of hydrogen-bond acceptors (Lipinski definition) is 2. The van der Waals surface area contributed by atoms with Gasteiger partial charge < -0.3 is 4.90 Å². The van der Waals surface area contributed by atoms with Crippen molar-refractivity contribution in [3.63, 3.8) is 0 Å². The van der Waals surface area contributed by atoms with Crippen molar-refractivity contribution in [2.75, 3.05) is 25.9 Å². The molecule has 17 heavy (non-hydrogen) atoms. The van der Waals surface area contributed by atoms with E-state index in [1.165, 1.54) is 31.4 Å². The molecule has 0 fully saturated rings. The summed E-state index contributed by atoms with van der Waals surface area (Å²) >= 11 is 4.48. The van der Waals surface area contributed by atoms with Crippen molar-refractivity contribution in [1.29, 1.82) is 0 Å². The Kier molecular flexibility index (Phi) is 7.38. The zero-order valence-corrected chi connectivity index (χ0v) is 12.0. The van der Waals surface area contributed by atoms with Crippen LogP contribution in [-0.4, -0.2) is 30.8 Å². The number of thiol groups is 1. The van der Waals surface area contributed by atoms with Crippen molar-refractivity contribution in [2.45, 2.75) is 32.1 Å². The molecule has 0 aliphatic rings. The Bertz CT molecular complexity index is 286. The maximum absolute atomic E-state index is 4.48. The lowest BCUT2D eigenvalue weighted by molar-refractivity contribution is 0.311. The van der Waals surface area contributed by atoms with Gasteiger partial charge in [0, 0.05) is 12.5 Å². The molecule has 0 aliphatic carbocycles. The van der Waals surface area contributed by atoms with Gasteiger partial charge in [-0.2, -0.15) is 12.6 Å².